The first-order chi connectivity index (χ1) is 10.2. The summed E-state index contributed by atoms with van der Waals surface area (Å²) in [6.45, 7) is 0.427. The Morgan fingerprint density at radius 2 is 2.05 bits per heavy atom. The van der Waals surface area contributed by atoms with E-state index in [9.17, 15) is 9.90 Å². The van der Waals surface area contributed by atoms with Crippen molar-refractivity contribution in [2.75, 3.05) is 0 Å². The van der Waals surface area contributed by atoms with Crippen molar-refractivity contribution in [1.82, 2.24) is 9.78 Å². The van der Waals surface area contributed by atoms with Crippen molar-refractivity contribution in [1.29, 1.82) is 5.26 Å². The second-order valence-corrected chi connectivity index (χ2v) is 4.61. The fourth-order valence-electron chi connectivity index (χ4n) is 2.34. The molecule has 0 aliphatic rings. The zero-order valence-corrected chi connectivity index (χ0v) is 11.0. The lowest BCUT2D eigenvalue weighted by Crippen LogP contribution is -2.03. The van der Waals surface area contributed by atoms with Crippen LogP contribution < -0.4 is 0 Å². The number of aromatic carboxylic acids is 1. The SMILES string of the molecule is N#Cc1ccccc1Cn1ncc2c(C(=O)O)cccc21. The van der Waals surface area contributed by atoms with E-state index in [1.165, 1.54) is 0 Å². The average Bonchev–Trinajstić information content (AvgIpc) is 2.91. The Morgan fingerprint density at radius 3 is 2.81 bits per heavy atom. The van der Waals surface area contributed by atoms with Crippen LogP contribution in [0.1, 0.15) is 21.5 Å². The summed E-state index contributed by atoms with van der Waals surface area (Å²) in [5.41, 5.74) is 2.41. The van der Waals surface area contributed by atoms with E-state index in [1.807, 2.05) is 24.3 Å². The van der Waals surface area contributed by atoms with Gasteiger partial charge in [0.1, 0.15) is 0 Å². The molecule has 5 heteroatoms. The van der Waals surface area contributed by atoms with Gasteiger partial charge in [0.25, 0.3) is 0 Å². The van der Waals surface area contributed by atoms with Gasteiger partial charge in [-0.1, -0.05) is 24.3 Å². The molecule has 0 aliphatic carbocycles. The molecule has 1 N–H and O–H groups in total. The van der Waals surface area contributed by atoms with Gasteiger partial charge in [-0.25, -0.2) is 4.79 Å². The number of aromatic nitrogens is 2. The summed E-state index contributed by atoms with van der Waals surface area (Å²) < 4.78 is 1.71. The number of carboxylic acid groups (broad SMARTS) is 1. The van der Waals surface area contributed by atoms with Crippen LogP contribution in [-0.2, 0) is 6.54 Å². The molecule has 0 bridgehead atoms. The Bertz CT molecular complexity index is 875. The molecule has 21 heavy (non-hydrogen) atoms. The van der Waals surface area contributed by atoms with E-state index in [-0.39, 0.29) is 5.56 Å². The van der Waals surface area contributed by atoms with Crippen LogP contribution in [0.4, 0.5) is 0 Å². The zero-order valence-electron chi connectivity index (χ0n) is 11.0. The van der Waals surface area contributed by atoms with Gasteiger partial charge in [-0.15, -0.1) is 0 Å². The maximum absolute atomic E-state index is 11.2. The molecule has 0 saturated heterocycles. The van der Waals surface area contributed by atoms with E-state index in [1.54, 1.807) is 29.1 Å². The lowest BCUT2D eigenvalue weighted by molar-refractivity contribution is 0.0699. The maximum Gasteiger partial charge on any atom is 0.336 e. The summed E-state index contributed by atoms with van der Waals surface area (Å²) in [7, 11) is 0. The highest BCUT2D eigenvalue weighted by Gasteiger charge is 2.12. The number of fused-ring (bicyclic) bond motifs is 1. The summed E-state index contributed by atoms with van der Waals surface area (Å²) in [4.78, 5) is 11.2. The van der Waals surface area contributed by atoms with Gasteiger partial charge >= 0.3 is 5.97 Å². The van der Waals surface area contributed by atoms with Gasteiger partial charge in [-0.05, 0) is 23.8 Å². The number of rotatable bonds is 3. The molecule has 0 aliphatic heterocycles. The van der Waals surface area contributed by atoms with Crippen molar-refractivity contribution in [2.45, 2.75) is 6.54 Å². The molecule has 0 amide bonds. The highest BCUT2D eigenvalue weighted by molar-refractivity contribution is 6.02. The van der Waals surface area contributed by atoms with Gasteiger partial charge in [0, 0.05) is 5.39 Å². The van der Waals surface area contributed by atoms with Crippen LogP contribution in [0, 0.1) is 11.3 Å². The van der Waals surface area contributed by atoms with Crippen LogP contribution in [0.2, 0.25) is 0 Å². The Hall–Kier alpha value is -3.13. The third kappa shape index (κ3) is 2.23. The first-order valence-corrected chi connectivity index (χ1v) is 6.36. The number of carbonyl (C=O) groups is 1. The molecule has 1 heterocycles. The molecule has 5 nitrogen and oxygen atoms in total. The van der Waals surface area contributed by atoms with E-state index in [0.717, 1.165) is 11.1 Å². The molecule has 0 fully saturated rings. The minimum atomic E-state index is -0.974. The largest absolute Gasteiger partial charge is 0.478 e. The standard InChI is InChI=1S/C16H11N3O2/c17-8-11-4-1-2-5-12(11)10-19-15-7-3-6-13(16(20)21)14(15)9-18-19/h1-7,9H,10H2,(H,20,21). The predicted octanol–water partition coefficient (Wildman–Crippen LogP) is 2.65. The molecule has 102 valence electrons. The van der Waals surface area contributed by atoms with E-state index in [2.05, 4.69) is 11.2 Å². The minimum absolute atomic E-state index is 0.229. The monoisotopic (exact) mass is 277 g/mol. The topological polar surface area (TPSA) is 78.9 Å². The fourth-order valence-corrected chi connectivity index (χ4v) is 2.34. The van der Waals surface area contributed by atoms with E-state index in [4.69, 9.17) is 5.26 Å². The van der Waals surface area contributed by atoms with Crippen molar-refractivity contribution < 1.29 is 9.90 Å². The van der Waals surface area contributed by atoms with Gasteiger partial charge < -0.3 is 5.11 Å². The molecular formula is C16H11N3O2. The van der Waals surface area contributed by atoms with Crippen molar-refractivity contribution >= 4 is 16.9 Å². The quantitative estimate of drug-likeness (QED) is 0.798. The number of carboxylic acids is 1. The van der Waals surface area contributed by atoms with E-state index in [0.29, 0.717) is 17.5 Å². The molecule has 0 saturated carbocycles. The van der Waals surface area contributed by atoms with Gasteiger partial charge in [0.05, 0.1) is 35.5 Å². The van der Waals surface area contributed by atoms with Gasteiger partial charge in [0.15, 0.2) is 0 Å². The Kier molecular flexibility index (Phi) is 3.13. The molecule has 1 aromatic heterocycles. The third-order valence-electron chi connectivity index (χ3n) is 3.38. The van der Waals surface area contributed by atoms with Crippen LogP contribution in [-0.4, -0.2) is 20.9 Å². The molecule has 3 aromatic rings. The van der Waals surface area contributed by atoms with Crippen molar-refractivity contribution in [3.05, 3.63) is 65.4 Å². The van der Waals surface area contributed by atoms with Crippen LogP contribution in [0.25, 0.3) is 10.9 Å². The Morgan fingerprint density at radius 1 is 1.24 bits per heavy atom. The number of nitriles is 1. The van der Waals surface area contributed by atoms with Gasteiger partial charge in [0.2, 0.25) is 0 Å². The lowest BCUT2D eigenvalue weighted by Gasteiger charge is -2.06. The van der Waals surface area contributed by atoms with Crippen LogP contribution in [0.15, 0.2) is 48.7 Å². The summed E-state index contributed by atoms with van der Waals surface area (Å²) in [5, 5.41) is 23.2. The van der Waals surface area contributed by atoms with Gasteiger partial charge in [-0.2, -0.15) is 10.4 Å². The first-order valence-electron chi connectivity index (χ1n) is 6.36. The zero-order chi connectivity index (χ0) is 14.8. The van der Waals surface area contributed by atoms with Gasteiger partial charge in [-0.3, -0.25) is 4.68 Å². The van der Waals surface area contributed by atoms with Crippen molar-refractivity contribution in [2.24, 2.45) is 0 Å². The maximum atomic E-state index is 11.2. The third-order valence-corrected chi connectivity index (χ3v) is 3.38. The number of nitrogens with zero attached hydrogens (tertiary/aromatic N) is 3. The molecule has 3 rings (SSSR count). The fraction of sp³-hybridized carbons (Fsp3) is 0.0625. The molecule has 2 aromatic carbocycles. The van der Waals surface area contributed by atoms with E-state index >= 15 is 0 Å². The average molecular weight is 277 g/mol. The normalized spacial score (nSPS) is 10.4. The summed E-state index contributed by atoms with van der Waals surface area (Å²) in [5.74, 6) is -0.974. The van der Waals surface area contributed by atoms with Crippen molar-refractivity contribution in [3.8, 4) is 6.07 Å². The first kappa shape index (κ1) is 12.9. The molecule has 0 radical (unpaired) electrons. The summed E-state index contributed by atoms with van der Waals surface area (Å²) in [6.07, 6.45) is 1.55. The Balaban J connectivity index is 2.09. The number of hydrogen-bond donors (Lipinski definition) is 1. The smallest absolute Gasteiger partial charge is 0.336 e. The minimum Gasteiger partial charge on any atom is -0.478 e. The molecule has 0 atom stereocenters. The number of benzene rings is 2. The van der Waals surface area contributed by atoms with Crippen molar-refractivity contribution in [3.63, 3.8) is 0 Å². The van der Waals surface area contributed by atoms with Crippen LogP contribution >= 0.6 is 0 Å². The van der Waals surface area contributed by atoms with Crippen LogP contribution in [0.5, 0.6) is 0 Å². The van der Waals surface area contributed by atoms with Crippen LogP contribution in [0.3, 0.4) is 0 Å². The molecular weight excluding hydrogens is 266 g/mol. The highest BCUT2D eigenvalue weighted by atomic mass is 16.4. The molecule has 0 spiro atoms. The second kappa shape index (κ2) is 5.10. The lowest BCUT2D eigenvalue weighted by atomic mass is 10.1. The summed E-state index contributed by atoms with van der Waals surface area (Å²) >= 11 is 0. The number of hydrogen-bond acceptors (Lipinski definition) is 3. The Labute approximate surface area is 120 Å². The predicted molar refractivity (Wildman–Crippen MR) is 77.0 cm³/mol. The van der Waals surface area contributed by atoms with E-state index < -0.39 is 5.97 Å². The summed E-state index contributed by atoms with van der Waals surface area (Å²) in [6, 6.07) is 14.5. The highest BCUT2D eigenvalue weighted by Crippen LogP contribution is 2.20. The molecule has 0 unspecified atom stereocenters. The second-order valence-electron chi connectivity index (χ2n) is 4.61.